The van der Waals surface area contributed by atoms with E-state index >= 15 is 0 Å². The van der Waals surface area contributed by atoms with Crippen LogP contribution >= 0.6 is 11.3 Å². The van der Waals surface area contributed by atoms with Crippen molar-refractivity contribution in [3.8, 4) is 6.07 Å². The van der Waals surface area contributed by atoms with Gasteiger partial charge in [-0.2, -0.15) is 5.26 Å². The monoisotopic (exact) mass is 305 g/mol. The van der Waals surface area contributed by atoms with Gasteiger partial charge in [-0.05, 0) is 37.2 Å². The van der Waals surface area contributed by atoms with Gasteiger partial charge < -0.3 is 11.1 Å². The van der Waals surface area contributed by atoms with Crippen LogP contribution in [-0.2, 0) is 17.6 Å². The van der Waals surface area contributed by atoms with Crippen molar-refractivity contribution in [2.45, 2.75) is 46.0 Å². The molecule has 4 nitrogen and oxygen atoms in total. The van der Waals surface area contributed by atoms with Crippen LogP contribution in [0.15, 0.2) is 0 Å². The first-order valence-corrected chi connectivity index (χ1v) is 8.45. The first-order chi connectivity index (χ1) is 10.1. The lowest BCUT2D eigenvalue weighted by Gasteiger charge is -2.17. The quantitative estimate of drug-likeness (QED) is 0.839. The molecule has 3 N–H and O–H groups in total. The maximum atomic E-state index is 12.3. The van der Waals surface area contributed by atoms with Crippen LogP contribution in [0.25, 0.3) is 0 Å². The second-order valence-electron chi connectivity index (χ2n) is 5.96. The molecule has 0 bridgehead atoms. The molecule has 1 aliphatic rings. The molecule has 5 heteroatoms. The fraction of sp³-hybridized carbons (Fsp3) is 0.625. The molecule has 1 aromatic rings. The summed E-state index contributed by atoms with van der Waals surface area (Å²) in [4.78, 5) is 13.6. The summed E-state index contributed by atoms with van der Waals surface area (Å²) in [6.45, 7) is 4.31. The number of thiophene rings is 1. The molecule has 1 unspecified atom stereocenters. The standard InChI is InChI=1S/C16H23N3OS/c1-10(2)12(8-17)15(20)19-16-13(9-18)11-6-4-3-5-7-14(11)21-16/h10,12H,3-8,17H2,1-2H3,(H,19,20). The van der Waals surface area contributed by atoms with E-state index in [1.54, 1.807) is 11.3 Å². The summed E-state index contributed by atoms with van der Waals surface area (Å²) in [5.74, 6) is -0.0859. The first kappa shape index (κ1) is 16.0. The Balaban J connectivity index is 2.25. The predicted molar refractivity (Wildman–Crippen MR) is 86.3 cm³/mol. The molecular weight excluding hydrogens is 282 g/mol. The molecule has 0 aliphatic heterocycles. The van der Waals surface area contributed by atoms with E-state index in [1.807, 2.05) is 13.8 Å². The van der Waals surface area contributed by atoms with Crippen LogP contribution in [0.3, 0.4) is 0 Å². The van der Waals surface area contributed by atoms with Crippen molar-refractivity contribution in [1.82, 2.24) is 0 Å². The number of carbonyl (C=O) groups excluding carboxylic acids is 1. The van der Waals surface area contributed by atoms with Crippen molar-refractivity contribution in [2.75, 3.05) is 11.9 Å². The summed E-state index contributed by atoms with van der Waals surface area (Å²) in [5, 5.41) is 13.1. The molecule has 114 valence electrons. The highest BCUT2D eigenvalue weighted by atomic mass is 32.1. The Morgan fingerprint density at radius 3 is 2.71 bits per heavy atom. The number of anilines is 1. The minimum absolute atomic E-state index is 0.0691. The lowest BCUT2D eigenvalue weighted by molar-refractivity contribution is -0.120. The van der Waals surface area contributed by atoms with Crippen LogP contribution in [0, 0.1) is 23.2 Å². The fourth-order valence-electron chi connectivity index (χ4n) is 2.84. The van der Waals surface area contributed by atoms with Gasteiger partial charge in [0.2, 0.25) is 5.91 Å². The predicted octanol–water partition coefficient (Wildman–Crippen LogP) is 3.06. The average Bonchev–Trinajstić information content (AvgIpc) is 2.60. The number of nitrogens with one attached hydrogen (secondary N) is 1. The Labute approximate surface area is 130 Å². The summed E-state index contributed by atoms with van der Waals surface area (Å²) < 4.78 is 0. The van der Waals surface area contributed by atoms with Crippen molar-refractivity contribution in [1.29, 1.82) is 5.26 Å². The molecule has 0 fully saturated rings. The van der Waals surface area contributed by atoms with Crippen LogP contribution < -0.4 is 11.1 Å². The molecule has 0 aromatic carbocycles. The molecule has 0 saturated carbocycles. The number of nitriles is 1. The third kappa shape index (κ3) is 3.45. The van der Waals surface area contributed by atoms with Crippen LogP contribution in [0.2, 0.25) is 0 Å². The average molecular weight is 305 g/mol. The maximum Gasteiger partial charge on any atom is 0.229 e. The fourth-order valence-corrected chi connectivity index (χ4v) is 4.08. The molecule has 2 rings (SSSR count). The van der Waals surface area contributed by atoms with Gasteiger partial charge in [-0.15, -0.1) is 11.3 Å². The van der Waals surface area contributed by atoms with E-state index < -0.39 is 0 Å². The second kappa shape index (κ2) is 7.06. The molecule has 0 radical (unpaired) electrons. The molecule has 21 heavy (non-hydrogen) atoms. The minimum atomic E-state index is -0.210. The number of rotatable bonds is 4. The van der Waals surface area contributed by atoms with E-state index in [1.165, 1.54) is 17.7 Å². The van der Waals surface area contributed by atoms with E-state index in [0.29, 0.717) is 17.1 Å². The Hall–Kier alpha value is -1.38. The highest BCUT2D eigenvalue weighted by Crippen LogP contribution is 2.37. The molecule has 1 aromatic heterocycles. The summed E-state index contributed by atoms with van der Waals surface area (Å²) >= 11 is 1.57. The molecule has 1 aliphatic carbocycles. The van der Waals surface area contributed by atoms with Gasteiger partial charge in [0.05, 0.1) is 11.5 Å². The number of amides is 1. The molecule has 1 heterocycles. The van der Waals surface area contributed by atoms with Crippen LogP contribution in [0.4, 0.5) is 5.00 Å². The highest BCUT2D eigenvalue weighted by Gasteiger charge is 2.25. The lowest BCUT2D eigenvalue weighted by Crippen LogP contribution is -2.33. The minimum Gasteiger partial charge on any atom is -0.330 e. The third-order valence-corrected chi connectivity index (χ3v) is 5.37. The molecule has 1 amide bonds. The van der Waals surface area contributed by atoms with Crippen LogP contribution in [0.5, 0.6) is 0 Å². The van der Waals surface area contributed by atoms with Gasteiger partial charge in [-0.1, -0.05) is 20.3 Å². The van der Waals surface area contributed by atoms with E-state index in [0.717, 1.165) is 24.8 Å². The topological polar surface area (TPSA) is 78.9 Å². The lowest BCUT2D eigenvalue weighted by atomic mass is 9.95. The zero-order valence-electron chi connectivity index (χ0n) is 12.7. The van der Waals surface area contributed by atoms with Crippen molar-refractivity contribution in [3.63, 3.8) is 0 Å². The normalized spacial score (nSPS) is 16.0. The van der Waals surface area contributed by atoms with Gasteiger partial charge in [-0.3, -0.25) is 4.79 Å². The van der Waals surface area contributed by atoms with Gasteiger partial charge in [0, 0.05) is 11.4 Å². The highest BCUT2D eigenvalue weighted by molar-refractivity contribution is 7.16. The van der Waals surface area contributed by atoms with Gasteiger partial charge in [0.1, 0.15) is 11.1 Å². The van der Waals surface area contributed by atoms with Crippen molar-refractivity contribution in [2.24, 2.45) is 17.6 Å². The van der Waals surface area contributed by atoms with E-state index in [2.05, 4.69) is 11.4 Å². The number of hydrogen-bond acceptors (Lipinski definition) is 4. The number of aryl methyl sites for hydroxylation is 1. The Morgan fingerprint density at radius 1 is 1.38 bits per heavy atom. The molecule has 0 saturated heterocycles. The van der Waals surface area contributed by atoms with Gasteiger partial charge >= 0.3 is 0 Å². The summed E-state index contributed by atoms with van der Waals surface area (Å²) in [7, 11) is 0. The van der Waals surface area contributed by atoms with Gasteiger partial charge in [0.25, 0.3) is 0 Å². The summed E-state index contributed by atoms with van der Waals surface area (Å²) in [5.41, 5.74) is 7.52. The van der Waals surface area contributed by atoms with E-state index in [4.69, 9.17) is 5.73 Å². The summed E-state index contributed by atoms with van der Waals surface area (Å²) in [6, 6.07) is 2.29. The smallest absolute Gasteiger partial charge is 0.229 e. The van der Waals surface area contributed by atoms with Gasteiger partial charge in [-0.25, -0.2) is 0 Å². The Morgan fingerprint density at radius 2 is 2.10 bits per heavy atom. The van der Waals surface area contributed by atoms with Crippen LogP contribution in [-0.4, -0.2) is 12.5 Å². The largest absolute Gasteiger partial charge is 0.330 e. The Kier molecular flexibility index (Phi) is 5.38. The van der Waals surface area contributed by atoms with E-state index in [-0.39, 0.29) is 17.7 Å². The molecular formula is C16H23N3OS. The van der Waals surface area contributed by atoms with Crippen molar-refractivity contribution in [3.05, 3.63) is 16.0 Å². The molecule has 1 atom stereocenters. The maximum absolute atomic E-state index is 12.3. The summed E-state index contributed by atoms with van der Waals surface area (Å²) in [6.07, 6.45) is 5.49. The number of hydrogen-bond donors (Lipinski definition) is 2. The van der Waals surface area contributed by atoms with Crippen molar-refractivity contribution >= 4 is 22.2 Å². The number of nitrogens with zero attached hydrogens (tertiary/aromatic N) is 1. The molecule has 0 spiro atoms. The zero-order valence-corrected chi connectivity index (χ0v) is 13.6. The van der Waals surface area contributed by atoms with Crippen molar-refractivity contribution < 1.29 is 4.79 Å². The third-order valence-electron chi connectivity index (χ3n) is 4.17. The first-order valence-electron chi connectivity index (χ1n) is 7.64. The van der Waals surface area contributed by atoms with Crippen LogP contribution in [0.1, 0.15) is 49.1 Å². The van der Waals surface area contributed by atoms with Gasteiger partial charge in [0.15, 0.2) is 0 Å². The van der Waals surface area contributed by atoms with E-state index in [9.17, 15) is 10.1 Å². The zero-order chi connectivity index (χ0) is 15.4. The number of carbonyl (C=O) groups is 1. The Bertz CT molecular complexity index is 557. The SMILES string of the molecule is CC(C)C(CN)C(=O)Nc1sc2c(c1C#N)CCCCC2. The number of fused-ring (bicyclic) bond motifs is 1. The number of nitrogens with two attached hydrogens (primary N) is 1. The second-order valence-corrected chi connectivity index (χ2v) is 7.06.